The van der Waals surface area contributed by atoms with Crippen molar-refractivity contribution >= 4 is 38.6 Å². The minimum absolute atomic E-state index is 0.193. The maximum atomic E-state index is 12.5. The number of nitrogens with one attached hydrogen (secondary N) is 1. The molecule has 0 saturated heterocycles. The monoisotopic (exact) mass is 354 g/mol. The Morgan fingerprint density at radius 1 is 1.23 bits per heavy atom. The number of rotatable bonds is 4. The van der Waals surface area contributed by atoms with E-state index in [0.29, 0.717) is 26.9 Å². The average Bonchev–Trinajstić information content (AvgIpc) is 3.13. The molecule has 2 heterocycles. The zero-order chi connectivity index (χ0) is 15.7. The summed E-state index contributed by atoms with van der Waals surface area (Å²) in [5.74, 6) is 0.533. The molecule has 3 rings (SSSR count). The van der Waals surface area contributed by atoms with E-state index < -0.39 is 10.0 Å². The highest BCUT2D eigenvalue weighted by Gasteiger charge is 2.19. The van der Waals surface area contributed by atoms with Crippen LogP contribution in [0.4, 0.5) is 5.69 Å². The lowest BCUT2D eigenvalue weighted by atomic mass is 10.2. The molecule has 0 amide bonds. The van der Waals surface area contributed by atoms with Crippen LogP contribution in [0.15, 0.2) is 51.3 Å². The second-order valence-corrected chi connectivity index (χ2v) is 7.91. The lowest BCUT2D eigenvalue weighted by Gasteiger charge is -2.10. The predicted molar refractivity (Wildman–Crippen MR) is 86.8 cm³/mol. The first-order chi connectivity index (χ1) is 10.5. The van der Waals surface area contributed by atoms with E-state index in [1.54, 1.807) is 37.3 Å². The van der Waals surface area contributed by atoms with Gasteiger partial charge in [-0.15, -0.1) is 11.3 Å². The molecule has 0 spiro atoms. The maximum absolute atomic E-state index is 12.5. The van der Waals surface area contributed by atoms with E-state index in [-0.39, 0.29) is 4.21 Å². The second-order valence-electron chi connectivity index (χ2n) is 4.51. The van der Waals surface area contributed by atoms with Gasteiger partial charge in [0.05, 0.1) is 16.8 Å². The standard InChI is InChI=1S/C14H11ClN2O3S2/c1-9-10(15)3-2-4-11(9)17-22(18,19)14-6-5-13(21-14)12-7-8-16-20-12/h2-8,17H,1H3. The molecular weight excluding hydrogens is 344 g/mol. The second kappa shape index (κ2) is 5.75. The predicted octanol–water partition coefficient (Wildman–Crippen LogP) is 4.17. The Morgan fingerprint density at radius 3 is 2.77 bits per heavy atom. The minimum Gasteiger partial charge on any atom is -0.355 e. The molecule has 8 heteroatoms. The van der Waals surface area contributed by atoms with Crippen LogP contribution >= 0.6 is 22.9 Å². The number of hydrogen-bond acceptors (Lipinski definition) is 5. The smallest absolute Gasteiger partial charge is 0.271 e. The Labute approximate surface area is 136 Å². The van der Waals surface area contributed by atoms with Crippen molar-refractivity contribution < 1.29 is 12.9 Å². The molecule has 0 aliphatic carbocycles. The molecular formula is C14H11ClN2O3S2. The van der Waals surface area contributed by atoms with E-state index >= 15 is 0 Å². The molecule has 1 aromatic carbocycles. The molecule has 0 unspecified atom stereocenters. The summed E-state index contributed by atoms with van der Waals surface area (Å²) in [7, 11) is -3.68. The fourth-order valence-corrected chi connectivity index (χ4v) is 4.41. The van der Waals surface area contributed by atoms with E-state index in [0.717, 1.165) is 11.3 Å². The van der Waals surface area contributed by atoms with Crippen LogP contribution in [0.2, 0.25) is 5.02 Å². The first-order valence-corrected chi connectivity index (χ1v) is 8.94. The van der Waals surface area contributed by atoms with Crippen molar-refractivity contribution in [1.29, 1.82) is 0 Å². The SMILES string of the molecule is Cc1c(Cl)cccc1NS(=O)(=O)c1ccc(-c2ccno2)s1. The molecule has 0 atom stereocenters. The Balaban J connectivity index is 1.92. The highest BCUT2D eigenvalue weighted by Crippen LogP contribution is 2.32. The molecule has 0 fully saturated rings. The van der Waals surface area contributed by atoms with Gasteiger partial charge in [-0.3, -0.25) is 4.72 Å². The number of sulfonamides is 1. The van der Waals surface area contributed by atoms with Crippen molar-refractivity contribution in [3.63, 3.8) is 0 Å². The Hall–Kier alpha value is -1.83. The first kappa shape index (κ1) is 15.1. The Bertz CT molecular complexity index is 902. The number of hydrogen-bond donors (Lipinski definition) is 1. The molecule has 0 radical (unpaired) electrons. The summed E-state index contributed by atoms with van der Waals surface area (Å²) in [4.78, 5) is 0.695. The van der Waals surface area contributed by atoms with Crippen LogP contribution < -0.4 is 4.72 Å². The Morgan fingerprint density at radius 2 is 2.05 bits per heavy atom. The molecule has 0 aliphatic heterocycles. The summed E-state index contributed by atoms with van der Waals surface area (Å²) in [6.07, 6.45) is 1.51. The molecule has 0 bridgehead atoms. The van der Waals surface area contributed by atoms with E-state index in [1.165, 1.54) is 12.3 Å². The zero-order valence-corrected chi connectivity index (χ0v) is 13.8. The highest BCUT2D eigenvalue weighted by molar-refractivity contribution is 7.94. The van der Waals surface area contributed by atoms with Crippen LogP contribution in [-0.2, 0) is 10.0 Å². The van der Waals surface area contributed by atoms with Crippen molar-refractivity contribution in [1.82, 2.24) is 5.16 Å². The Kier molecular flexibility index (Phi) is 3.94. The van der Waals surface area contributed by atoms with Gasteiger partial charge in [0, 0.05) is 11.1 Å². The van der Waals surface area contributed by atoms with Gasteiger partial charge in [0.1, 0.15) is 4.21 Å². The van der Waals surface area contributed by atoms with Gasteiger partial charge >= 0.3 is 0 Å². The lowest BCUT2D eigenvalue weighted by molar-refractivity contribution is 0.433. The number of nitrogens with zero attached hydrogens (tertiary/aromatic N) is 1. The molecule has 0 saturated carbocycles. The topological polar surface area (TPSA) is 72.2 Å². The summed E-state index contributed by atoms with van der Waals surface area (Å²) in [5.41, 5.74) is 1.14. The van der Waals surface area contributed by atoms with Crippen LogP contribution in [0.1, 0.15) is 5.56 Å². The van der Waals surface area contributed by atoms with Crippen molar-refractivity contribution in [3.05, 3.63) is 53.2 Å². The van der Waals surface area contributed by atoms with Crippen LogP contribution in [0.3, 0.4) is 0 Å². The van der Waals surface area contributed by atoms with E-state index in [1.807, 2.05) is 0 Å². The zero-order valence-electron chi connectivity index (χ0n) is 11.4. The number of halogens is 1. The fraction of sp³-hybridized carbons (Fsp3) is 0.0714. The average molecular weight is 355 g/mol. The normalized spacial score (nSPS) is 11.5. The van der Waals surface area contributed by atoms with Gasteiger partial charge in [-0.2, -0.15) is 0 Å². The van der Waals surface area contributed by atoms with Gasteiger partial charge in [0.15, 0.2) is 5.76 Å². The van der Waals surface area contributed by atoms with Gasteiger partial charge in [-0.05, 0) is 36.8 Å². The van der Waals surface area contributed by atoms with Gasteiger partial charge in [0.2, 0.25) is 0 Å². The van der Waals surface area contributed by atoms with Crippen LogP contribution in [0, 0.1) is 6.92 Å². The van der Waals surface area contributed by atoms with Crippen molar-refractivity contribution in [2.24, 2.45) is 0 Å². The molecule has 114 valence electrons. The number of anilines is 1. The first-order valence-electron chi connectivity index (χ1n) is 6.26. The molecule has 22 heavy (non-hydrogen) atoms. The summed E-state index contributed by atoms with van der Waals surface area (Å²) in [6.45, 7) is 1.76. The molecule has 2 aromatic heterocycles. The lowest BCUT2D eigenvalue weighted by Crippen LogP contribution is -2.12. The van der Waals surface area contributed by atoms with Crippen molar-refractivity contribution in [2.75, 3.05) is 4.72 Å². The quantitative estimate of drug-likeness (QED) is 0.763. The summed E-state index contributed by atoms with van der Waals surface area (Å²) < 4.78 is 32.7. The van der Waals surface area contributed by atoms with E-state index in [2.05, 4.69) is 9.88 Å². The van der Waals surface area contributed by atoms with Gasteiger partial charge in [0.25, 0.3) is 10.0 Å². The van der Waals surface area contributed by atoms with Crippen molar-refractivity contribution in [3.8, 4) is 10.6 Å². The van der Waals surface area contributed by atoms with Gasteiger partial charge in [-0.1, -0.05) is 22.8 Å². The van der Waals surface area contributed by atoms with Gasteiger partial charge < -0.3 is 4.52 Å². The molecule has 1 N–H and O–H groups in total. The van der Waals surface area contributed by atoms with Crippen LogP contribution in [-0.4, -0.2) is 13.6 Å². The summed E-state index contributed by atoms with van der Waals surface area (Å²) >= 11 is 7.12. The fourth-order valence-electron chi connectivity index (χ4n) is 1.85. The van der Waals surface area contributed by atoms with E-state index in [4.69, 9.17) is 16.1 Å². The number of thiophene rings is 1. The third kappa shape index (κ3) is 2.87. The summed E-state index contributed by atoms with van der Waals surface area (Å²) in [5, 5.41) is 4.12. The maximum Gasteiger partial charge on any atom is 0.271 e. The molecule has 3 aromatic rings. The van der Waals surface area contributed by atoms with Crippen LogP contribution in [0.25, 0.3) is 10.6 Å². The third-order valence-corrected chi connectivity index (χ3v) is 6.41. The largest absolute Gasteiger partial charge is 0.355 e. The summed E-state index contributed by atoms with van der Waals surface area (Å²) in [6, 6.07) is 9.97. The van der Waals surface area contributed by atoms with Crippen molar-refractivity contribution in [2.45, 2.75) is 11.1 Å². The van der Waals surface area contributed by atoms with E-state index in [9.17, 15) is 8.42 Å². The minimum atomic E-state index is -3.68. The number of benzene rings is 1. The van der Waals surface area contributed by atoms with Gasteiger partial charge in [-0.25, -0.2) is 8.42 Å². The highest BCUT2D eigenvalue weighted by atomic mass is 35.5. The molecule has 0 aliphatic rings. The molecule has 5 nitrogen and oxygen atoms in total. The third-order valence-electron chi connectivity index (χ3n) is 3.04. The number of aromatic nitrogens is 1. The van der Waals surface area contributed by atoms with Crippen LogP contribution in [0.5, 0.6) is 0 Å².